The van der Waals surface area contributed by atoms with Crippen molar-refractivity contribution in [3.05, 3.63) is 29.8 Å². The molecule has 0 radical (unpaired) electrons. The van der Waals surface area contributed by atoms with E-state index in [0.717, 1.165) is 31.6 Å². The highest BCUT2D eigenvalue weighted by Gasteiger charge is 2.37. The molecule has 2 fully saturated rings. The van der Waals surface area contributed by atoms with E-state index in [1.165, 1.54) is 18.4 Å². The molecule has 1 heterocycles. The summed E-state index contributed by atoms with van der Waals surface area (Å²) in [4.78, 5) is 13.8. The lowest BCUT2D eigenvalue weighted by molar-refractivity contribution is 0.252. The van der Waals surface area contributed by atoms with Gasteiger partial charge in [-0.25, -0.2) is 4.79 Å². The van der Waals surface area contributed by atoms with Crippen molar-refractivity contribution in [1.82, 2.24) is 5.32 Å². The highest BCUT2D eigenvalue weighted by atomic mass is 16.2. The Morgan fingerprint density at radius 1 is 1.26 bits per heavy atom. The van der Waals surface area contributed by atoms with Gasteiger partial charge in [0.1, 0.15) is 0 Å². The molecule has 4 nitrogen and oxygen atoms in total. The third-order valence-electron chi connectivity index (χ3n) is 4.57. The summed E-state index contributed by atoms with van der Waals surface area (Å²) in [5.74, 6) is 0. The highest BCUT2D eigenvalue weighted by Crippen LogP contribution is 2.44. The van der Waals surface area contributed by atoms with Gasteiger partial charge < -0.3 is 11.1 Å². The number of anilines is 1. The van der Waals surface area contributed by atoms with E-state index in [4.69, 9.17) is 5.73 Å². The summed E-state index contributed by atoms with van der Waals surface area (Å²) >= 11 is 0. The Morgan fingerprint density at radius 2 is 2.00 bits per heavy atom. The Kier molecular flexibility index (Phi) is 3.19. The Labute approximate surface area is 114 Å². The average molecular weight is 259 g/mol. The summed E-state index contributed by atoms with van der Waals surface area (Å²) in [5, 5.41) is 2.87. The summed E-state index contributed by atoms with van der Waals surface area (Å²) in [6.45, 7) is 2.14. The topological polar surface area (TPSA) is 58.4 Å². The van der Waals surface area contributed by atoms with E-state index < -0.39 is 0 Å². The first-order valence-corrected chi connectivity index (χ1v) is 7.12. The van der Waals surface area contributed by atoms with Gasteiger partial charge in [0.15, 0.2) is 0 Å². The summed E-state index contributed by atoms with van der Waals surface area (Å²) in [6.07, 6.45) is 4.74. The second kappa shape index (κ2) is 4.85. The smallest absolute Gasteiger partial charge is 0.322 e. The summed E-state index contributed by atoms with van der Waals surface area (Å²) in [6, 6.07) is 8.28. The minimum Gasteiger partial charge on any atom is -0.336 e. The molecular weight excluding hydrogens is 238 g/mol. The minimum atomic E-state index is 0.0117. The van der Waals surface area contributed by atoms with Gasteiger partial charge in [0.05, 0.1) is 0 Å². The van der Waals surface area contributed by atoms with Crippen molar-refractivity contribution in [3.63, 3.8) is 0 Å². The molecule has 0 spiro atoms. The molecule has 4 heteroatoms. The van der Waals surface area contributed by atoms with Crippen LogP contribution < -0.4 is 16.0 Å². The average Bonchev–Trinajstić information content (AvgIpc) is 3.08. The molecule has 0 aromatic heterocycles. The van der Waals surface area contributed by atoms with Crippen molar-refractivity contribution in [3.8, 4) is 0 Å². The van der Waals surface area contributed by atoms with Crippen LogP contribution in [0.25, 0.3) is 0 Å². The first kappa shape index (κ1) is 12.5. The third kappa shape index (κ3) is 2.00. The van der Waals surface area contributed by atoms with E-state index in [-0.39, 0.29) is 11.4 Å². The molecule has 1 aliphatic carbocycles. The molecule has 1 aromatic rings. The minimum absolute atomic E-state index is 0.0117. The summed E-state index contributed by atoms with van der Waals surface area (Å²) < 4.78 is 0. The second-order valence-electron chi connectivity index (χ2n) is 5.59. The molecular formula is C15H21N3O. The number of nitrogens with two attached hydrogens (primary N) is 1. The second-order valence-corrected chi connectivity index (χ2v) is 5.59. The van der Waals surface area contributed by atoms with Crippen molar-refractivity contribution in [2.75, 3.05) is 24.5 Å². The van der Waals surface area contributed by atoms with Crippen LogP contribution in [0.3, 0.4) is 0 Å². The fourth-order valence-electron chi connectivity index (χ4n) is 3.49. The van der Waals surface area contributed by atoms with Crippen LogP contribution in [-0.4, -0.2) is 25.7 Å². The van der Waals surface area contributed by atoms with Crippen LogP contribution in [0.1, 0.15) is 31.2 Å². The first-order chi connectivity index (χ1) is 9.27. The lowest BCUT2D eigenvalue weighted by Crippen LogP contribution is -2.36. The van der Waals surface area contributed by atoms with E-state index in [0.29, 0.717) is 6.54 Å². The standard InChI is InChI=1S/C15H21N3O/c16-11-15(7-3-4-8-15)12-5-1-2-6-13(12)18-10-9-17-14(18)19/h1-2,5-6H,3-4,7-11,16H2,(H,17,19). The van der Waals surface area contributed by atoms with Crippen LogP contribution in [0.15, 0.2) is 24.3 Å². The van der Waals surface area contributed by atoms with Gasteiger partial charge in [-0.2, -0.15) is 0 Å². The zero-order valence-electron chi connectivity index (χ0n) is 11.2. The monoisotopic (exact) mass is 259 g/mol. The Morgan fingerprint density at radius 3 is 2.63 bits per heavy atom. The number of rotatable bonds is 3. The number of nitrogens with one attached hydrogen (secondary N) is 1. The fourth-order valence-corrected chi connectivity index (χ4v) is 3.49. The lowest BCUT2D eigenvalue weighted by atomic mass is 9.78. The molecule has 2 aliphatic rings. The predicted molar refractivity (Wildman–Crippen MR) is 76.4 cm³/mol. The van der Waals surface area contributed by atoms with E-state index in [1.54, 1.807) is 0 Å². The van der Waals surface area contributed by atoms with E-state index >= 15 is 0 Å². The van der Waals surface area contributed by atoms with E-state index in [9.17, 15) is 4.79 Å². The zero-order chi connectivity index (χ0) is 13.3. The van der Waals surface area contributed by atoms with Gasteiger partial charge in [-0.1, -0.05) is 31.0 Å². The summed E-state index contributed by atoms with van der Waals surface area (Å²) in [5.41, 5.74) is 8.46. The molecule has 3 N–H and O–H groups in total. The van der Waals surface area contributed by atoms with E-state index in [2.05, 4.69) is 23.5 Å². The number of urea groups is 1. The molecule has 2 amide bonds. The van der Waals surface area contributed by atoms with E-state index in [1.807, 2.05) is 11.0 Å². The zero-order valence-corrected chi connectivity index (χ0v) is 11.2. The molecule has 1 aromatic carbocycles. The van der Waals surface area contributed by atoms with Crippen LogP contribution >= 0.6 is 0 Å². The maximum Gasteiger partial charge on any atom is 0.322 e. The Bertz CT molecular complexity index is 480. The van der Waals surface area contributed by atoms with Gasteiger partial charge >= 0.3 is 6.03 Å². The number of nitrogens with zero attached hydrogens (tertiary/aromatic N) is 1. The van der Waals surface area contributed by atoms with Gasteiger partial charge in [0.2, 0.25) is 0 Å². The molecule has 0 bridgehead atoms. The van der Waals surface area contributed by atoms with Crippen molar-refractivity contribution >= 4 is 11.7 Å². The number of hydrogen-bond donors (Lipinski definition) is 2. The number of para-hydroxylation sites is 1. The van der Waals surface area contributed by atoms with Gasteiger partial charge in [-0.15, -0.1) is 0 Å². The van der Waals surface area contributed by atoms with Gasteiger partial charge in [-0.05, 0) is 24.5 Å². The van der Waals surface area contributed by atoms with Crippen molar-refractivity contribution in [2.45, 2.75) is 31.1 Å². The molecule has 3 rings (SSSR count). The van der Waals surface area contributed by atoms with Gasteiger partial charge in [0.25, 0.3) is 0 Å². The third-order valence-corrected chi connectivity index (χ3v) is 4.57. The number of hydrogen-bond acceptors (Lipinski definition) is 2. The molecule has 0 unspecified atom stereocenters. The molecule has 1 aliphatic heterocycles. The van der Waals surface area contributed by atoms with Gasteiger partial charge in [-0.3, -0.25) is 4.90 Å². The number of carbonyl (C=O) groups is 1. The number of carbonyl (C=O) groups excluding carboxylic acids is 1. The molecule has 19 heavy (non-hydrogen) atoms. The predicted octanol–water partition coefficient (Wildman–Crippen LogP) is 1.99. The van der Waals surface area contributed by atoms with Crippen molar-refractivity contribution < 1.29 is 4.79 Å². The maximum atomic E-state index is 11.9. The molecule has 1 saturated carbocycles. The van der Waals surface area contributed by atoms with Gasteiger partial charge in [0, 0.05) is 30.7 Å². The van der Waals surface area contributed by atoms with Crippen LogP contribution in [0.4, 0.5) is 10.5 Å². The maximum absolute atomic E-state index is 11.9. The fraction of sp³-hybridized carbons (Fsp3) is 0.533. The normalized spacial score (nSPS) is 21.7. The van der Waals surface area contributed by atoms with Crippen molar-refractivity contribution in [2.24, 2.45) is 5.73 Å². The molecule has 0 atom stereocenters. The molecule has 1 saturated heterocycles. The van der Waals surface area contributed by atoms with Crippen LogP contribution in [-0.2, 0) is 5.41 Å². The Balaban J connectivity index is 2.04. The van der Waals surface area contributed by atoms with Crippen molar-refractivity contribution in [1.29, 1.82) is 0 Å². The summed E-state index contributed by atoms with van der Waals surface area (Å²) in [7, 11) is 0. The molecule has 102 valence electrons. The van der Waals surface area contributed by atoms with Crippen LogP contribution in [0.5, 0.6) is 0 Å². The first-order valence-electron chi connectivity index (χ1n) is 7.12. The quantitative estimate of drug-likeness (QED) is 0.872. The highest BCUT2D eigenvalue weighted by molar-refractivity contribution is 5.95. The number of benzene rings is 1. The largest absolute Gasteiger partial charge is 0.336 e. The lowest BCUT2D eigenvalue weighted by Gasteiger charge is -2.32. The SMILES string of the molecule is NCC1(c2ccccc2N2CCNC2=O)CCCC1. The number of amides is 2. The van der Waals surface area contributed by atoms with Crippen LogP contribution in [0, 0.1) is 0 Å². The van der Waals surface area contributed by atoms with Crippen LogP contribution in [0.2, 0.25) is 0 Å². The Hall–Kier alpha value is -1.55.